The third kappa shape index (κ3) is 2.25. The third-order valence-electron chi connectivity index (χ3n) is 3.28. The van der Waals surface area contributed by atoms with Gasteiger partial charge in [-0.1, -0.05) is 6.07 Å². The Bertz CT molecular complexity index is 576. The fraction of sp³-hybridized carbons (Fsp3) is 0.385. The summed E-state index contributed by atoms with van der Waals surface area (Å²) in [6.07, 6.45) is 3.19. The minimum atomic E-state index is -0.460. The number of aryl methyl sites for hydroxylation is 1. The second kappa shape index (κ2) is 4.87. The van der Waals surface area contributed by atoms with Crippen molar-refractivity contribution >= 4 is 5.69 Å². The smallest absolute Gasteiger partial charge is 0.178 e. The molecule has 19 heavy (non-hydrogen) atoms. The molecule has 1 aromatic carbocycles. The summed E-state index contributed by atoms with van der Waals surface area (Å²) < 4.78 is 21.1. The highest BCUT2D eigenvalue weighted by Crippen LogP contribution is 2.25. The van der Waals surface area contributed by atoms with Crippen LogP contribution in [0.3, 0.4) is 0 Å². The first-order valence-electron chi connectivity index (χ1n) is 6.33. The molecule has 0 fully saturated rings. The molecule has 100 valence electrons. The van der Waals surface area contributed by atoms with Crippen molar-refractivity contribution in [1.82, 2.24) is 14.8 Å². The van der Waals surface area contributed by atoms with Crippen molar-refractivity contribution in [2.24, 2.45) is 0 Å². The Labute approximate surface area is 110 Å². The summed E-state index contributed by atoms with van der Waals surface area (Å²) in [5.41, 5.74) is 5.98. The Kier molecular flexibility index (Phi) is 3.06. The van der Waals surface area contributed by atoms with Crippen LogP contribution in [0.5, 0.6) is 5.75 Å². The van der Waals surface area contributed by atoms with Gasteiger partial charge in [0, 0.05) is 13.0 Å². The second-order valence-electron chi connectivity index (χ2n) is 4.59. The van der Waals surface area contributed by atoms with Crippen molar-refractivity contribution in [3.8, 4) is 5.75 Å². The molecule has 2 N–H and O–H groups in total. The first-order valence-corrected chi connectivity index (χ1v) is 6.33. The fourth-order valence-electron chi connectivity index (χ4n) is 2.29. The van der Waals surface area contributed by atoms with Gasteiger partial charge in [0.25, 0.3) is 0 Å². The zero-order valence-corrected chi connectivity index (χ0v) is 10.5. The molecule has 0 unspecified atom stereocenters. The molecule has 1 aliphatic heterocycles. The zero-order valence-electron chi connectivity index (χ0n) is 10.5. The summed E-state index contributed by atoms with van der Waals surface area (Å²) in [6.45, 7) is 1.08. The maximum absolute atomic E-state index is 13.6. The molecule has 1 aliphatic rings. The van der Waals surface area contributed by atoms with Gasteiger partial charge in [-0.2, -0.15) is 0 Å². The van der Waals surface area contributed by atoms with Crippen LogP contribution >= 0.6 is 0 Å². The second-order valence-corrected chi connectivity index (χ2v) is 4.59. The van der Waals surface area contributed by atoms with Gasteiger partial charge in [0.15, 0.2) is 17.4 Å². The highest BCUT2D eigenvalue weighted by Gasteiger charge is 2.17. The van der Waals surface area contributed by atoms with Crippen LogP contribution in [0.15, 0.2) is 18.2 Å². The summed E-state index contributed by atoms with van der Waals surface area (Å²) >= 11 is 0. The van der Waals surface area contributed by atoms with Crippen LogP contribution < -0.4 is 10.5 Å². The average Bonchev–Trinajstić information content (AvgIpc) is 2.82. The molecule has 0 bridgehead atoms. The van der Waals surface area contributed by atoms with Crippen LogP contribution in [0.25, 0.3) is 0 Å². The highest BCUT2D eigenvalue weighted by atomic mass is 19.1. The SMILES string of the molecule is Nc1cccc(F)c1OCc1nnc2n1CCCC2. The number of benzene rings is 1. The number of nitrogens with zero attached hydrogens (tertiary/aromatic N) is 3. The van der Waals surface area contributed by atoms with E-state index in [0.717, 1.165) is 37.5 Å². The van der Waals surface area contributed by atoms with Gasteiger partial charge in [0.05, 0.1) is 5.69 Å². The zero-order chi connectivity index (χ0) is 13.2. The molecular weight excluding hydrogens is 247 g/mol. The van der Waals surface area contributed by atoms with E-state index in [0.29, 0.717) is 5.69 Å². The van der Waals surface area contributed by atoms with Gasteiger partial charge in [0.1, 0.15) is 12.4 Å². The van der Waals surface area contributed by atoms with E-state index in [1.54, 1.807) is 12.1 Å². The van der Waals surface area contributed by atoms with E-state index < -0.39 is 5.82 Å². The average molecular weight is 262 g/mol. The minimum Gasteiger partial charge on any atom is -0.480 e. The number of halogens is 1. The molecule has 1 aromatic heterocycles. The molecule has 0 radical (unpaired) electrons. The molecule has 3 rings (SSSR count). The molecule has 0 amide bonds. The third-order valence-corrected chi connectivity index (χ3v) is 3.28. The van der Waals surface area contributed by atoms with Gasteiger partial charge in [0.2, 0.25) is 0 Å². The largest absolute Gasteiger partial charge is 0.480 e. The molecule has 0 aliphatic carbocycles. The van der Waals surface area contributed by atoms with E-state index in [1.165, 1.54) is 6.07 Å². The van der Waals surface area contributed by atoms with Crippen LogP contribution in [-0.4, -0.2) is 14.8 Å². The van der Waals surface area contributed by atoms with Crippen LogP contribution in [0, 0.1) is 5.82 Å². The number of fused-ring (bicyclic) bond motifs is 1. The standard InChI is InChI=1S/C13H15FN4O/c14-9-4-3-5-10(15)13(9)19-8-12-17-16-11-6-1-2-7-18(11)12/h3-5H,1-2,6-8,15H2. The van der Waals surface area contributed by atoms with Crippen molar-refractivity contribution in [2.45, 2.75) is 32.4 Å². The van der Waals surface area contributed by atoms with Crippen molar-refractivity contribution in [1.29, 1.82) is 0 Å². The van der Waals surface area contributed by atoms with Gasteiger partial charge >= 0.3 is 0 Å². The van der Waals surface area contributed by atoms with Crippen molar-refractivity contribution < 1.29 is 9.13 Å². The summed E-state index contributed by atoms with van der Waals surface area (Å²) in [6, 6.07) is 4.49. The number of nitrogens with two attached hydrogens (primary N) is 1. The number of hydrogen-bond acceptors (Lipinski definition) is 4. The van der Waals surface area contributed by atoms with E-state index in [1.807, 2.05) is 4.57 Å². The van der Waals surface area contributed by atoms with Crippen molar-refractivity contribution in [3.63, 3.8) is 0 Å². The number of anilines is 1. The lowest BCUT2D eigenvalue weighted by atomic mass is 10.2. The van der Waals surface area contributed by atoms with Crippen molar-refractivity contribution in [2.75, 3.05) is 5.73 Å². The fourth-order valence-corrected chi connectivity index (χ4v) is 2.29. The molecule has 0 saturated carbocycles. The van der Waals surface area contributed by atoms with Gasteiger partial charge in [-0.25, -0.2) is 4.39 Å². The topological polar surface area (TPSA) is 66.0 Å². The van der Waals surface area contributed by atoms with Crippen LogP contribution in [-0.2, 0) is 19.6 Å². The Hall–Kier alpha value is -2.11. The molecule has 2 heterocycles. The van der Waals surface area contributed by atoms with Crippen LogP contribution in [0.4, 0.5) is 10.1 Å². The van der Waals surface area contributed by atoms with E-state index >= 15 is 0 Å². The lowest BCUT2D eigenvalue weighted by Gasteiger charge is -2.15. The van der Waals surface area contributed by atoms with E-state index in [2.05, 4.69) is 10.2 Å². The Morgan fingerprint density at radius 2 is 2.21 bits per heavy atom. The van der Waals surface area contributed by atoms with Crippen LogP contribution in [0.1, 0.15) is 24.5 Å². The molecule has 0 atom stereocenters. The van der Waals surface area contributed by atoms with Gasteiger partial charge in [-0.3, -0.25) is 0 Å². The van der Waals surface area contributed by atoms with E-state index in [-0.39, 0.29) is 12.4 Å². The Morgan fingerprint density at radius 3 is 3.05 bits per heavy atom. The first kappa shape index (κ1) is 12.0. The van der Waals surface area contributed by atoms with Gasteiger partial charge in [-0.05, 0) is 25.0 Å². The Morgan fingerprint density at radius 1 is 1.32 bits per heavy atom. The highest BCUT2D eigenvalue weighted by molar-refractivity contribution is 5.52. The number of hydrogen-bond donors (Lipinski definition) is 1. The normalized spacial score (nSPS) is 14.2. The van der Waals surface area contributed by atoms with E-state index in [4.69, 9.17) is 10.5 Å². The quantitative estimate of drug-likeness (QED) is 0.858. The van der Waals surface area contributed by atoms with E-state index in [9.17, 15) is 4.39 Å². The summed E-state index contributed by atoms with van der Waals surface area (Å²) in [5, 5.41) is 8.22. The maximum Gasteiger partial charge on any atom is 0.178 e. The summed E-state index contributed by atoms with van der Waals surface area (Å²) in [7, 11) is 0. The van der Waals surface area contributed by atoms with Gasteiger partial charge in [-0.15, -0.1) is 10.2 Å². The number of ether oxygens (including phenoxy) is 1. The predicted molar refractivity (Wildman–Crippen MR) is 68.1 cm³/mol. The molecule has 5 nitrogen and oxygen atoms in total. The number of aromatic nitrogens is 3. The summed E-state index contributed by atoms with van der Waals surface area (Å²) in [5.74, 6) is 1.32. The van der Waals surface area contributed by atoms with Crippen LogP contribution in [0.2, 0.25) is 0 Å². The summed E-state index contributed by atoms with van der Waals surface area (Å²) in [4.78, 5) is 0. The number of rotatable bonds is 3. The molecule has 2 aromatic rings. The molecule has 6 heteroatoms. The maximum atomic E-state index is 13.6. The lowest BCUT2D eigenvalue weighted by molar-refractivity contribution is 0.274. The predicted octanol–water partition coefficient (Wildman–Crippen LogP) is 1.91. The van der Waals surface area contributed by atoms with Gasteiger partial charge < -0.3 is 15.0 Å². The minimum absolute atomic E-state index is 0.0793. The number of nitrogen functional groups attached to an aromatic ring is 1. The number of para-hydroxylation sites is 1. The van der Waals surface area contributed by atoms with Crippen molar-refractivity contribution in [3.05, 3.63) is 35.7 Å². The molecular formula is C13H15FN4O. The first-order chi connectivity index (χ1) is 9.25. The monoisotopic (exact) mass is 262 g/mol. The lowest BCUT2D eigenvalue weighted by Crippen LogP contribution is -2.14. The molecule has 0 saturated heterocycles. The molecule has 0 spiro atoms. The Balaban J connectivity index is 1.78.